The summed E-state index contributed by atoms with van der Waals surface area (Å²) in [7, 11) is 0. The normalized spacial score (nSPS) is 28.0. The zero-order chi connectivity index (χ0) is 16.4. The summed E-state index contributed by atoms with van der Waals surface area (Å²) in [6, 6.07) is 2.16. The van der Waals surface area contributed by atoms with E-state index in [0.717, 1.165) is 19.3 Å². The Morgan fingerprint density at radius 3 is 2.70 bits per heavy atom. The van der Waals surface area contributed by atoms with Crippen molar-refractivity contribution in [1.29, 1.82) is 0 Å². The number of hydrogen-bond acceptors (Lipinski definition) is 4. The smallest absolute Gasteiger partial charge is 0.255 e. The second-order valence-electron chi connectivity index (χ2n) is 6.46. The third-order valence-corrected chi connectivity index (χ3v) is 4.92. The van der Waals surface area contributed by atoms with Gasteiger partial charge in [-0.2, -0.15) is 0 Å². The fourth-order valence-electron chi connectivity index (χ4n) is 3.36. The number of ether oxygens (including phenoxy) is 2. The standard InChI is InChI=1S/C17H23ClN2O3/c1-11-4-3-5-12(2)20(11)17(21)13-8-15(18)16(19-9-13)23-14-6-7-22-10-14/h8-9,11-12,14H,3-7,10H2,1-2H3. The molecule has 1 aromatic heterocycles. The lowest BCUT2D eigenvalue weighted by Crippen LogP contribution is -2.47. The van der Waals surface area contributed by atoms with E-state index in [1.165, 1.54) is 6.42 Å². The number of piperidine rings is 1. The molecule has 0 bridgehead atoms. The first-order chi connectivity index (χ1) is 11.1. The first kappa shape index (κ1) is 16.5. The summed E-state index contributed by atoms with van der Waals surface area (Å²) in [4.78, 5) is 19.0. The second kappa shape index (κ2) is 7.05. The molecule has 1 amide bonds. The van der Waals surface area contributed by atoms with E-state index in [0.29, 0.717) is 29.7 Å². The fourth-order valence-corrected chi connectivity index (χ4v) is 3.57. The molecule has 0 aliphatic carbocycles. The molecule has 23 heavy (non-hydrogen) atoms. The number of nitrogens with zero attached hydrogens (tertiary/aromatic N) is 2. The minimum atomic E-state index is -0.0105. The van der Waals surface area contributed by atoms with E-state index < -0.39 is 0 Å². The number of halogens is 1. The van der Waals surface area contributed by atoms with Crippen LogP contribution in [0.25, 0.3) is 0 Å². The number of hydrogen-bond donors (Lipinski definition) is 0. The molecule has 2 saturated heterocycles. The van der Waals surface area contributed by atoms with Crippen LogP contribution in [0.15, 0.2) is 12.3 Å². The topological polar surface area (TPSA) is 51.7 Å². The van der Waals surface area contributed by atoms with Gasteiger partial charge in [0.25, 0.3) is 5.91 Å². The molecule has 0 radical (unpaired) electrons. The summed E-state index contributed by atoms with van der Waals surface area (Å²) in [6.07, 6.45) is 5.64. The van der Waals surface area contributed by atoms with Crippen LogP contribution in [0.5, 0.6) is 5.88 Å². The molecular formula is C17H23ClN2O3. The van der Waals surface area contributed by atoms with Gasteiger partial charge in [-0.3, -0.25) is 4.79 Å². The molecule has 2 aliphatic heterocycles. The number of rotatable bonds is 3. The maximum atomic E-state index is 12.8. The van der Waals surface area contributed by atoms with Gasteiger partial charge >= 0.3 is 0 Å². The molecule has 0 N–H and O–H groups in total. The van der Waals surface area contributed by atoms with Crippen LogP contribution in [-0.2, 0) is 4.74 Å². The Bertz CT molecular complexity index is 565. The minimum Gasteiger partial charge on any atom is -0.471 e. The molecule has 3 atom stereocenters. The number of carbonyl (C=O) groups excluding carboxylic acids is 1. The largest absolute Gasteiger partial charge is 0.471 e. The second-order valence-corrected chi connectivity index (χ2v) is 6.86. The summed E-state index contributed by atoms with van der Waals surface area (Å²) < 4.78 is 11.0. The van der Waals surface area contributed by atoms with Crippen LogP contribution in [0.2, 0.25) is 5.02 Å². The van der Waals surface area contributed by atoms with Crippen LogP contribution in [-0.4, -0.2) is 47.2 Å². The van der Waals surface area contributed by atoms with E-state index in [4.69, 9.17) is 21.1 Å². The highest BCUT2D eigenvalue weighted by Gasteiger charge is 2.30. The van der Waals surface area contributed by atoms with Gasteiger partial charge in [-0.15, -0.1) is 0 Å². The highest BCUT2D eigenvalue weighted by Crippen LogP contribution is 2.28. The van der Waals surface area contributed by atoms with Crippen molar-refractivity contribution >= 4 is 17.5 Å². The molecule has 6 heteroatoms. The van der Waals surface area contributed by atoms with Crippen molar-refractivity contribution in [1.82, 2.24) is 9.88 Å². The average Bonchev–Trinajstić information content (AvgIpc) is 3.02. The molecule has 2 fully saturated rings. The van der Waals surface area contributed by atoms with Gasteiger partial charge in [-0.05, 0) is 39.2 Å². The minimum absolute atomic E-state index is 0.00477. The molecular weight excluding hydrogens is 316 g/mol. The molecule has 3 heterocycles. The number of likely N-dealkylation sites (tertiary alicyclic amines) is 1. The molecule has 2 aliphatic rings. The summed E-state index contributed by atoms with van der Waals surface area (Å²) in [5, 5.41) is 0.375. The van der Waals surface area contributed by atoms with Crippen LogP contribution < -0.4 is 4.74 Å². The van der Waals surface area contributed by atoms with E-state index in [2.05, 4.69) is 18.8 Å². The van der Waals surface area contributed by atoms with Gasteiger partial charge in [-0.25, -0.2) is 4.98 Å². The van der Waals surface area contributed by atoms with Crippen molar-refractivity contribution in [3.63, 3.8) is 0 Å². The van der Waals surface area contributed by atoms with Crippen molar-refractivity contribution in [2.24, 2.45) is 0 Å². The predicted molar refractivity (Wildman–Crippen MR) is 88.0 cm³/mol. The molecule has 0 aromatic carbocycles. The molecule has 3 unspecified atom stereocenters. The van der Waals surface area contributed by atoms with E-state index in [9.17, 15) is 4.79 Å². The highest BCUT2D eigenvalue weighted by molar-refractivity contribution is 6.32. The summed E-state index contributed by atoms with van der Waals surface area (Å²) in [5.74, 6) is 0.369. The Morgan fingerprint density at radius 2 is 2.09 bits per heavy atom. The number of aromatic nitrogens is 1. The van der Waals surface area contributed by atoms with Gasteiger partial charge in [0.2, 0.25) is 5.88 Å². The van der Waals surface area contributed by atoms with Crippen LogP contribution in [0.4, 0.5) is 0 Å². The average molecular weight is 339 g/mol. The van der Waals surface area contributed by atoms with E-state index >= 15 is 0 Å². The number of carbonyl (C=O) groups is 1. The lowest BCUT2D eigenvalue weighted by Gasteiger charge is -2.39. The maximum absolute atomic E-state index is 12.8. The van der Waals surface area contributed by atoms with E-state index in [1.807, 2.05) is 4.90 Å². The molecule has 0 spiro atoms. The Morgan fingerprint density at radius 1 is 1.35 bits per heavy atom. The van der Waals surface area contributed by atoms with Crippen molar-refractivity contribution < 1.29 is 14.3 Å². The third kappa shape index (κ3) is 3.61. The van der Waals surface area contributed by atoms with Gasteiger partial charge in [0.05, 0.1) is 18.8 Å². The third-order valence-electron chi connectivity index (χ3n) is 4.65. The van der Waals surface area contributed by atoms with Gasteiger partial charge < -0.3 is 14.4 Å². The van der Waals surface area contributed by atoms with E-state index in [1.54, 1.807) is 12.3 Å². The zero-order valence-electron chi connectivity index (χ0n) is 13.6. The number of pyridine rings is 1. The predicted octanol–water partition coefficient (Wildman–Crippen LogP) is 3.31. The Balaban J connectivity index is 1.74. The Labute approximate surface area is 141 Å². The van der Waals surface area contributed by atoms with Crippen LogP contribution in [0.3, 0.4) is 0 Å². The first-order valence-corrected chi connectivity index (χ1v) is 8.66. The molecule has 126 valence electrons. The van der Waals surface area contributed by atoms with Gasteiger partial charge in [-0.1, -0.05) is 11.6 Å². The van der Waals surface area contributed by atoms with Crippen molar-refractivity contribution in [3.05, 3.63) is 22.8 Å². The molecule has 3 rings (SSSR count). The van der Waals surface area contributed by atoms with Gasteiger partial charge in [0.1, 0.15) is 11.1 Å². The molecule has 5 nitrogen and oxygen atoms in total. The fraction of sp³-hybridized carbons (Fsp3) is 0.647. The SMILES string of the molecule is CC1CCCC(C)N1C(=O)c1cnc(OC2CCOC2)c(Cl)c1. The molecule has 1 aromatic rings. The first-order valence-electron chi connectivity index (χ1n) is 8.29. The van der Waals surface area contributed by atoms with Crippen molar-refractivity contribution in [2.75, 3.05) is 13.2 Å². The van der Waals surface area contributed by atoms with E-state index in [-0.39, 0.29) is 24.1 Å². The van der Waals surface area contributed by atoms with Gasteiger partial charge in [0.15, 0.2) is 0 Å². The zero-order valence-corrected chi connectivity index (χ0v) is 14.4. The van der Waals surface area contributed by atoms with Crippen LogP contribution in [0, 0.1) is 0 Å². The summed E-state index contributed by atoms with van der Waals surface area (Å²) in [5.41, 5.74) is 0.519. The quantitative estimate of drug-likeness (QED) is 0.848. The summed E-state index contributed by atoms with van der Waals surface area (Å²) >= 11 is 6.26. The van der Waals surface area contributed by atoms with Crippen molar-refractivity contribution in [3.8, 4) is 5.88 Å². The monoisotopic (exact) mass is 338 g/mol. The highest BCUT2D eigenvalue weighted by atomic mass is 35.5. The maximum Gasteiger partial charge on any atom is 0.255 e. The van der Waals surface area contributed by atoms with Crippen molar-refractivity contribution in [2.45, 2.75) is 57.7 Å². The van der Waals surface area contributed by atoms with Crippen LogP contribution >= 0.6 is 11.6 Å². The number of amides is 1. The lowest BCUT2D eigenvalue weighted by molar-refractivity contribution is 0.0510. The summed E-state index contributed by atoms with van der Waals surface area (Å²) in [6.45, 7) is 5.45. The Kier molecular flexibility index (Phi) is 5.07. The van der Waals surface area contributed by atoms with Crippen LogP contribution in [0.1, 0.15) is 49.9 Å². The van der Waals surface area contributed by atoms with Gasteiger partial charge in [0, 0.05) is 24.7 Å². The lowest BCUT2D eigenvalue weighted by atomic mass is 9.96. The Hall–Kier alpha value is -1.33. The molecule has 0 saturated carbocycles.